The zero-order chi connectivity index (χ0) is 19.3. The first kappa shape index (κ1) is 19.8. The Morgan fingerprint density at radius 1 is 1.12 bits per heavy atom. The fraction of sp³-hybridized carbons (Fsp3) is 0.353. The SMILES string of the molecule is CC(C)(C)OC(=O)NCCNC(=O)c1ncsc1-c1cc(F)cc(F)c1. The van der Waals surface area contributed by atoms with Crippen molar-refractivity contribution in [1.82, 2.24) is 15.6 Å². The Hall–Kier alpha value is -2.55. The van der Waals surface area contributed by atoms with E-state index in [9.17, 15) is 18.4 Å². The number of rotatable bonds is 5. The van der Waals surface area contributed by atoms with Crippen molar-refractivity contribution in [2.75, 3.05) is 13.1 Å². The monoisotopic (exact) mass is 383 g/mol. The van der Waals surface area contributed by atoms with E-state index in [2.05, 4.69) is 15.6 Å². The number of nitrogens with one attached hydrogen (secondary N) is 2. The van der Waals surface area contributed by atoms with Crippen LogP contribution in [-0.2, 0) is 4.74 Å². The molecule has 1 heterocycles. The average molecular weight is 383 g/mol. The molecule has 2 amide bonds. The van der Waals surface area contributed by atoms with Gasteiger partial charge in [0, 0.05) is 19.2 Å². The number of halogens is 2. The van der Waals surface area contributed by atoms with Crippen LogP contribution in [0.2, 0.25) is 0 Å². The molecule has 2 rings (SSSR count). The second kappa shape index (κ2) is 8.22. The zero-order valence-corrected chi connectivity index (χ0v) is 15.4. The Morgan fingerprint density at radius 3 is 2.35 bits per heavy atom. The zero-order valence-electron chi connectivity index (χ0n) is 14.6. The molecule has 0 aliphatic rings. The van der Waals surface area contributed by atoms with Crippen molar-refractivity contribution in [2.45, 2.75) is 26.4 Å². The molecule has 0 fully saturated rings. The van der Waals surface area contributed by atoms with Crippen LogP contribution in [0.1, 0.15) is 31.3 Å². The van der Waals surface area contributed by atoms with Gasteiger partial charge in [-0.15, -0.1) is 11.3 Å². The van der Waals surface area contributed by atoms with E-state index in [1.807, 2.05) is 0 Å². The number of thiazole rings is 1. The molecule has 2 N–H and O–H groups in total. The van der Waals surface area contributed by atoms with Crippen molar-refractivity contribution in [3.05, 3.63) is 41.0 Å². The molecule has 2 aromatic rings. The van der Waals surface area contributed by atoms with Gasteiger partial charge in [0.2, 0.25) is 0 Å². The minimum absolute atomic E-state index is 0.0669. The van der Waals surface area contributed by atoms with Crippen molar-refractivity contribution < 1.29 is 23.1 Å². The summed E-state index contributed by atoms with van der Waals surface area (Å²) in [6.07, 6.45) is -0.587. The number of hydrogen-bond acceptors (Lipinski definition) is 5. The molecule has 0 atom stereocenters. The van der Waals surface area contributed by atoms with Crippen molar-refractivity contribution in [1.29, 1.82) is 0 Å². The second-order valence-electron chi connectivity index (χ2n) is 6.37. The van der Waals surface area contributed by atoms with Crippen LogP contribution in [0.5, 0.6) is 0 Å². The molecule has 0 bridgehead atoms. The topological polar surface area (TPSA) is 80.3 Å². The van der Waals surface area contributed by atoms with Gasteiger partial charge in [-0.1, -0.05) is 0 Å². The van der Waals surface area contributed by atoms with E-state index in [-0.39, 0.29) is 24.3 Å². The number of nitrogens with zero attached hydrogens (tertiary/aromatic N) is 1. The van der Waals surface area contributed by atoms with E-state index >= 15 is 0 Å². The molecule has 0 saturated heterocycles. The van der Waals surface area contributed by atoms with Crippen LogP contribution in [0, 0.1) is 11.6 Å². The lowest BCUT2D eigenvalue weighted by molar-refractivity contribution is 0.0526. The van der Waals surface area contributed by atoms with Gasteiger partial charge in [0.15, 0.2) is 0 Å². The summed E-state index contributed by atoms with van der Waals surface area (Å²) in [4.78, 5) is 28.1. The summed E-state index contributed by atoms with van der Waals surface area (Å²) in [6, 6.07) is 3.03. The molecular weight excluding hydrogens is 364 g/mol. The Bertz CT molecular complexity index is 783. The normalized spacial score (nSPS) is 11.1. The lowest BCUT2D eigenvalue weighted by Crippen LogP contribution is -2.38. The van der Waals surface area contributed by atoms with Crippen LogP contribution >= 0.6 is 11.3 Å². The Kier molecular flexibility index (Phi) is 6.25. The summed E-state index contributed by atoms with van der Waals surface area (Å²) in [5.74, 6) is -1.97. The molecule has 9 heteroatoms. The summed E-state index contributed by atoms with van der Waals surface area (Å²) in [6.45, 7) is 5.54. The van der Waals surface area contributed by atoms with Crippen molar-refractivity contribution in [2.24, 2.45) is 0 Å². The first-order chi connectivity index (χ1) is 12.2. The van der Waals surface area contributed by atoms with E-state index in [1.165, 1.54) is 5.51 Å². The standard InChI is InChI=1S/C17H19F2N3O3S/c1-17(2,3)25-16(24)21-5-4-20-15(23)13-14(26-9-22-13)10-6-11(18)8-12(19)7-10/h6-9H,4-5H2,1-3H3,(H,20,23)(H,21,24). The molecule has 26 heavy (non-hydrogen) atoms. The average Bonchev–Trinajstić information content (AvgIpc) is 2.98. The highest BCUT2D eigenvalue weighted by Crippen LogP contribution is 2.28. The van der Waals surface area contributed by atoms with Crippen molar-refractivity contribution in [3.63, 3.8) is 0 Å². The van der Waals surface area contributed by atoms with Gasteiger partial charge in [0.1, 0.15) is 22.9 Å². The Labute approximate surface area is 153 Å². The molecule has 0 saturated carbocycles. The summed E-state index contributed by atoms with van der Waals surface area (Å²) in [7, 11) is 0. The van der Waals surface area contributed by atoms with Gasteiger partial charge in [-0.2, -0.15) is 0 Å². The van der Waals surface area contributed by atoms with E-state index in [4.69, 9.17) is 4.74 Å². The largest absolute Gasteiger partial charge is 0.444 e. The number of carbonyl (C=O) groups is 2. The van der Waals surface area contributed by atoms with Gasteiger partial charge in [-0.05, 0) is 38.5 Å². The van der Waals surface area contributed by atoms with Crippen molar-refractivity contribution in [3.8, 4) is 10.4 Å². The van der Waals surface area contributed by atoms with Crippen LogP contribution < -0.4 is 10.6 Å². The summed E-state index contributed by atoms with van der Waals surface area (Å²) in [5.41, 5.74) is 1.12. The minimum atomic E-state index is -0.735. The van der Waals surface area contributed by atoms with Crippen LogP contribution in [0.25, 0.3) is 10.4 Å². The van der Waals surface area contributed by atoms with Gasteiger partial charge < -0.3 is 15.4 Å². The fourth-order valence-corrected chi connectivity index (χ4v) is 2.81. The van der Waals surface area contributed by atoms with Crippen LogP contribution in [-0.4, -0.2) is 35.7 Å². The summed E-state index contributed by atoms with van der Waals surface area (Å²) < 4.78 is 31.8. The fourth-order valence-electron chi connectivity index (χ4n) is 2.04. The van der Waals surface area contributed by atoms with Gasteiger partial charge in [-0.25, -0.2) is 18.6 Å². The van der Waals surface area contributed by atoms with E-state index < -0.39 is 29.2 Å². The lowest BCUT2D eigenvalue weighted by Gasteiger charge is -2.19. The number of hydrogen-bond donors (Lipinski definition) is 2. The maximum Gasteiger partial charge on any atom is 0.407 e. The van der Waals surface area contributed by atoms with Crippen LogP contribution in [0.15, 0.2) is 23.7 Å². The highest BCUT2D eigenvalue weighted by Gasteiger charge is 2.18. The first-order valence-corrected chi connectivity index (χ1v) is 8.68. The lowest BCUT2D eigenvalue weighted by atomic mass is 10.1. The van der Waals surface area contributed by atoms with E-state index in [0.717, 1.165) is 29.5 Å². The maximum absolute atomic E-state index is 13.4. The number of carbonyl (C=O) groups excluding carboxylic acids is 2. The third kappa shape index (κ3) is 5.76. The number of aromatic nitrogens is 1. The van der Waals surface area contributed by atoms with Crippen LogP contribution in [0.3, 0.4) is 0 Å². The number of ether oxygens (including phenoxy) is 1. The molecule has 1 aromatic heterocycles. The molecule has 0 aliphatic carbocycles. The van der Waals surface area contributed by atoms with Gasteiger partial charge in [0.25, 0.3) is 5.91 Å². The van der Waals surface area contributed by atoms with Crippen LogP contribution in [0.4, 0.5) is 13.6 Å². The third-order valence-electron chi connectivity index (χ3n) is 2.99. The molecule has 0 aliphatic heterocycles. The number of benzene rings is 1. The highest BCUT2D eigenvalue weighted by molar-refractivity contribution is 7.13. The second-order valence-corrected chi connectivity index (χ2v) is 7.23. The quantitative estimate of drug-likeness (QED) is 0.776. The number of alkyl carbamates (subject to hydrolysis) is 1. The smallest absolute Gasteiger partial charge is 0.407 e. The van der Waals surface area contributed by atoms with Gasteiger partial charge in [0.05, 0.1) is 10.4 Å². The van der Waals surface area contributed by atoms with Crippen molar-refractivity contribution >= 4 is 23.3 Å². The molecular formula is C17H19F2N3O3S. The Balaban J connectivity index is 1.93. The predicted molar refractivity (Wildman–Crippen MR) is 94.0 cm³/mol. The molecule has 0 spiro atoms. The third-order valence-corrected chi connectivity index (χ3v) is 3.86. The van der Waals surface area contributed by atoms with Gasteiger partial charge in [-0.3, -0.25) is 4.79 Å². The Morgan fingerprint density at radius 2 is 1.73 bits per heavy atom. The summed E-state index contributed by atoms with van der Waals surface area (Å²) in [5, 5.41) is 5.10. The molecule has 0 radical (unpaired) electrons. The maximum atomic E-state index is 13.4. The summed E-state index contributed by atoms with van der Waals surface area (Å²) >= 11 is 1.10. The van der Waals surface area contributed by atoms with E-state index in [0.29, 0.717) is 4.88 Å². The molecule has 140 valence electrons. The molecule has 6 nitrogen and oxygen atoms in total. The van der Waals surface area contributed by atoms with Gasteiger partial charge >= 0.3 is 6.09 Å². The van der Waals surface area contributed by atoms with E-state index in [1.54, 1.807) is 20.8 Å². The minimum Gasteiger partial charge on any atom is -0.444 e. The first-order valence-electron chi connectivity index (χ1n) is 7.81. The molecule has 0 unspecified atom stereocenters. The highest BCUT2D eigenvalue weighted by atomic mass is 32.1. The predicted octanol–water partition coefficient (Wildman–Crippen LogP) is 3.34. The number of amides is 2. The molecule has 1 aromatic carbocycles.